The molecule has 5 nitrogen and oxygen atoms in total. The third-order valence-corrected chi connectivity index (χ3v) is 4.29. The van der Waals surface area contributed by atoms with Crippen molar-refractivity contribution < 1.29 is 14.3 Å². The summed E-state index contributed by atoms with van der Waals surface area (Å²) >= 11 is 0. The maximum atomic E-state index is 12.1. The zero-order valence-corrected chi connectivity index (χ0v) is 12.9. The lowest BCUT2D eigenvalue weighted by Gasteiger charge is -2.16. The lowest BCUT2D eigenvalue weighted by molar-refractivity contribution is -0.128. The molecule has 118 valence electrons. The predicted molar refractivity (Wildman–Crippen MR) is 82.6 cm³/mol. The Hall–Kier alpha value is -2.04. The van der Waals surface area contributed by atoms with Crippen molar-refractivity contribution in [3.8, 4) is 5.75 Å². The van der Waals surface area contributed by atoms with Crippen LogP contribution in [0.1, 0.15) is 31.2 Å². The number of likely N-dealkylation sites (tertiary alicyclic amines) is 1. The molecule has 1 aliphatic heterocycles. The largest absolute Gasteiger partial charge is 0.497 e. The van der Waals surface area contributed by atoms with Crippen LogP contribution in [-0.2, 0) is 16.0 Å². The third-order valence-electron chi connectivity index (χ3n) is 4.29. The molecule has 2 amide bonds. The van der Waals surface area contributed by atoms with Crippen LogP contribution in [0.5, 0.6) is 5.75 Å². The first kappa shape index (κ1) is 14.9. The molecule has 1 aliphatic carbocycles. The van der Waals surface area contributed by atoms with Crippen molar-refractivity contribution in [1.82, 2.24) is 10.2 Å². The smallest absolute Gasteiger partial charge is 0.225 e. The van der Waals surface area contributed by atoms with E-state index < -0.39 is 0 Å². The quantitative estimate of drug-likeness (QED) is 0.866. The van der Waals surface area contributed by atoms with Gasteiger partial charge in [0.2, 0.25) is 11.8 Å². The standard InChI is InChI=1S/C17H22N2O3/c1-22-15-4-2-3-12(9-15)5-8-16(20)18-13-10-17(21)19(11-13)14-6-7-14/h2-4,9,13-14H,5-8,10-11H2,1H3,(H,18,20). The molecular formula is C17H22N2O3. The normalized spacial score (nSPS) is 21.0. The van der Waals surface area contributed by atoms with Crippen molar-refractivity contribution in [3.05, 3.63) is 29.8 Å². The van der Waals surface area contributed by atoms with Crippen LogP contribution in [0.25, 0.3) is 0 Å². The van der Waals surface area contributed by atoms with Crippen molar-refractivity contribution in [3.63, 3.8) is 0 Å². The zero-order chi connectivity index (χ0) is 15.5. The van der Waals surface area contributed by atoms with E-state index in [-0.39, 0.29) is 17.9 Å². The molecule has 1 N–H and O–H groups in total. The zero-order valence-electron chi connectivity index (χ0n) is 12.9. The Kier molecular flexibility index (Phi) is 4.32. The summed E-state index contributed by atoms with van der Waals surface area (Å²) in [6, 6.07) is 8.16. The Labute approximate surface area is 130 Å². The number of rotatable bonds is 6. The molecule has 22 heavy (non-hydrogen) atoms. The Morgan fingerprint density at radius 1 is 1.41 bits per heavy atom. The van der Waals surface area contributed by atoms with Crippen molar-refractivity contribution in [2.24, 2.45) is 0 Å². The van der Waals surface area contributed by atoms with E-state index in [0.29, 0.717) is 31.8 Å². The van der Waals surface area contributed by atoms with Crippen LogP contribution >= 0.6 is 0 Å². The molecule has 2 fully saturated rings. The molecule has 1 unspecified atom stereocenters. The van der Waals surface area contributed by atoms with E-state index >= 15 is 0 Å². The summed E-state index contributed by atoms with van der Waals surface area (Å²) in [7, 11) is 1.63. The molecule has 0 bridgehead atoms. The number of hydrogen-bond donors (Lipinski definition) is 1. The van der Waals surface area contributed by atoms with Gasteiger partial charge < -0.3 is 15.0 Å². The van der Waals surface area contributed by atoms with E-state index in [1.165, 1.54) is 0 Å². The fraction of sp³-hybridized carbons (Fsp3) is 0.529. The SMILES string of the molecule is COc1cccc(CCC(=O)NC2CC(=O)N(C3CC3)C2)c1. The second-order valence-electron chi connectivity index (χ2n) is 6.10. The summed E-state index contributed by atoms with van der Waals surface area (Å²) < 4.78 is 5.18. The van der Waals surface area contributed by atoms with Gasteiger partial charge in [-0.05, 0) is 37.0 Å². The minimum Gasteiger partial charge on any atom is -0.497 e. The van der Waals surface area contributed by atoms with Crippen molar-refractivity contribution in [1.29, 1.82) is 0 Å². The number of benzene rings is 1. The average Bonchev–Trinajstić information content (AvgIpc) is 3.29. The van der Waals surface area contributed by atoms with Crippen molar-refractivity contribution in [2.75, 3.05) is 13.7 Å². The molecular weight excluding hydrogens is 280 g/mol. The Balaban J connectivity index is 1.45. The first-order valence-electron chi connectivity index (χ1n) is 7.87. The second-order valence-corrected chi connectivity index (χ2v) is 6.10. The highest BCUT2D eigenvalue weighted by Gasteiger charge is 2.39. The van der Waals surface area contributed by atoms with Crippen molar-refractivity contribution >= 4 is 11.8 Å². The van der Waals surface area contributed by atoms with Crippen LogP contribution in [0, 0.1) is 0 Å². The second kappa shape index (κ2) is 6.38. The van der Waals surface area contributed by atoms with E-state index in [0.717, 1.165) is 24.2 Å². The lowest BCUT2D eigenvalue weighted by Crippen LogP contribution is -2.37. The van der Waals surface area contributed by atoms with Gasteiger partial charge >= 0.3 is 0 Å². The van der Waals surface area contributed by atoms with Gasteiger partial charge in [0.25, 0.3) is 0 Å². The Morgan fingerprint density at radius 2 is 2.23 bits per heavy atom. The highest BCUT2D eigenvalue weighted by molar-refractivity contribution is 5.82. The molecule has 0 aromatic heterocycles. The lowest BCUT2D eigenvalue weighted by atomic mass is 10.1. The molecule has 0 spiro atoms. The maximum absolute atomic E-state index is 12.1. The molecule has 1 atom stereocenters. The van der Waals surface area contributed by atoms with Gasteiger partial charge in [0.05, 0.1) is 13.2 Å². The molecule has 1 saturated carbocycles. The third kappa shape index (κ3) is 3.59. The van der Waals surface area contributed by atoms with Gasteiger partial charge in [0.15, 0.2) is 0 Å². The minimum absolute atomic E-state index is 0.0123. The fourth-order valence-corrected chi connectivity index (χ4v) is 2.95. The van der Waals surface area contributed by atoms with Gasteiger partial charge in [-0.3, -0.25) is 9.59 Å². The van der Waals surface area contributed by atoms with Gasteiger partial charge in [-0.2, -0.15) is 0 Å². The van der Waals surface area contributed by atoms with E-state index in [4.69, 9.17) is 4.74 Å². The maximum Gasteiger partial charge on any atom is 0.225 e. The monoisotopic (exact) mass is 302 g/mol. The number of carbonyl (C=O) groups is 2. The van der Waals surface area contributed by atoms with Gasteiger partial charge in [-0.25, -0.2) is 0 Å². The van der Waals surface area contributed by atoms with Gasteiger partial charge in [-0.15, -0.1) is 0 Å². The van der Waals surface area contributed by atoms with E-state index in [9.17, 15) is 9.59 Å². The van der Waals surface area contributed by atoms with Crippen LogP contribution in [0.4, 0.5) is 0 Å². The van der Waals surface area contributed by atoms with Crippen LogP contribution in [0.15, 0.2) is 24.3 Å². The number of ether oxygens (including phenoxy) is 1. The summed E-state index contributed by atoms with van der Waals surface area (Å²) in [5.41, 5.74) is 1.08. The van der Waals surface area contributed by atoms with E-state index in [2.05, 4.69) is 5.32 Å². The molecule has 1 heterocycles. The van der Waals surface area contributed by atoms with Gasteiger partial charge in [-0.1, -0.05) is 12.1 Å². The average molecular weight is 302 g/mol. The molecule has 1 aromatic carbocycles. The fourth-order valence-electron chi connectivity index (χ4n) is 2.95. The van der Waals surface area contributed by atoms with Crippen molar-refractivity contribution in [2.45, 2.75) is 44.2 Å². The van der Waals surface area contributed by atoms with Gasteiger partial charge in [0.1, 0.15) is 5.75 Å². The first-order chi connectivity index (χ1) is 10.7. The van der Waals surface area contributed by atoms with Crippen LogP contribution in [0.2, 0.25) is 0 Å². The number of aryl methyl sites for hydroxylation is 1. The topological polar surface area (TPSA) is 58.6 Å². The van der Waals surface area contributed by atoms with Crippen LogP contribution < -0.4 is 10.1 Å². The highest BCUT2D eigenvalue weighted by atomic mass is 16.5. The van der Waals surface area contributed by atoms with E-state index in [1.54, 1.807) is 7.11 Å². The molecule has 1 saturated heterocycles. The van der Waals surface area contributed by atoms with Crippen LogP contribution in [-0.4, -0.2) is 42.5 Å². The highest BCUT2D eigenvalue weighted by Crippen LogP contribution is 2.30. The van der Waals surface area contributed by atoms with E-state index in [1.807, 2.05) is 29.2 Å². The molecule has 5 heteroatoms. The number of hydrogen-bond acceptors (Lipinski definition) is 3. The Bertz CT molecular complexity index is 569. The van der Waals surface area contributed by atoms with Gasteiger partial charge in [0, 0.05) is 25.4 Å². The number of nitrogens with one attached hydrogen (secondary N) is 1. The summed E-state index contributed by atoms with van der Waals surface area (Å²) in [5.74, 6) is 0.998. The summed E-state index contributed by atoms with van der Waals surface area (Å²) in [4.78, 5) is 25.8. The predicted octanol–water partition coefficient (Wildman–Crippen LogP) is 1.51. The summed E-state index contributed by atoms with van der Waals surface area (Å²) in [5, 5.41) is 2.99. The minimum atomic E-state index is -0.0223. The number of carbonyl (C=O) groups excluding carboxylic acids is 2. The molecule has 1 aromatic rings. The number of amides is 2. The summed E-state index contributed by atoms with van der Waals surface area (Å²) in [6.45, 7) is 0.675. The molecule has 2 aliphatic rings. The molecule has 0 radical (unpaired) electrons. The number of nitrogens with zero attached hydrogens (tertiary/aromatic N) is 1. The van der Waals surface area contributed by atoms with Crippen LogP contribution in [0.3, 0.4) is 0 Å². The number of methoxy groups -OCH3 is 1. The molecule has 3 rings (SSSR count). The first-order valence-corrected chi connectivity index (χ1v) is 7.87. The Morgan fingerprint density at radius 3 is 2.95 bits per heavy atom. The summed E-state index contributed by atoms with van der Waals surface area (Å²) in [6.07, 6.45) is 3.78.